The molecular formula is C22H23N5O. The Morgan fingerprint density at radius 1 is 1.18 bits per heavy atom. The molecule has 0 radical (unpaired) electrons. The van der Waals surface area contributed by atoms with E-state index in [4.69, 9.17) is 0 Å². The second-order valence-electron chi connectivity index (χ2n) is 7.07. The topological polar surface area (TPSA) is 75.6 Å². The molecule has 2 N–H and O–H groups in total. The van der Waals surface area contributed by atoms with Gasteiger partial charge in [-0.15, -0.1) is 0 Å². The molecule has 1 atom stereocenters. The van der Waals surface area contributed by atoms with Crippen molar-refractivity contribution in [3.05, 3.63) is 77.4 Å². The van der Waals surface area contributed by atoms with Gasteiger partial charge in [-0.05, 0) is 50.6 Å². The number of rotatable bonds is 5. The number of aromatic nitrogens is 4. The Labute approximate surface area is 163 Å². The van der Waals surface area contributed by atoms with Crippen LogP contribution in [-0.2, 0) is 11.2 Å². The van der Waals surface area contributed by atoms with Gasteiger partial charge in [0, 0.05) is 11.3 Å². The smallest absolute Gasteiger partial charge is 0.224 e. The molecule has 0 saturated carbocycles. The Balaban J connectivity index is 1.46. The number of nitrogens with zero attached hydrogens (tertiary/aromatic N) is 3. The van der Waals surface area contributed by atoms with Gasteiger partial charge in [-0.2, -0.15) is 5.10 Å². The lowest BCUT2D eigenvalue weighted by Crippen LogP contribution is -2.28. The van der Waals surface area contributed by atoms with E-state index >= 15 is 0 Å². The monoisotopic (exact) mass is 373 g/mol. The number of amides is 1. The van der Waals surface area contributed by atoms with Gasteiger partial charge in [-0.1, -0.05) is 24.3 Å². The SMILES string of the molecule is Cc1nc2ccc(CC(=O)NC(C)c3cnn(-c4ccccc4)c3C)cc2[nH]1. The first-order valence-corrected chi connectivity index (χ1v) is 9.36. The van der Waals surface area contributed by atoms with Crippen molar-refractivity contribution in [1.29, 1.82) is 0 Å². The van der Waals surface area contributed by atoms with Crippen molar-refractivity contribution in [2.45, 2.75) is 33.2 Å². The van der Waals surface area contributed by atoms with E-state index in [9.17, 15) is 4.79 Å². The Morgan fingerprint density at radius 2 is 1.96 bits per heavy atom. The summed E-state index contributed by atoms with van der Waals surface area (Å²) in [6, 6.07) is 15.7. The van der Waals surface area contributed by atoms with Gasteiger partial charge in [0.25, 0.3) is 0 Å². The number of carbonyl (C=O) groups excluding carboxylic acids is 1. The predicted molar refractivity (Wildman–Crippen MR) is 109 cm³/mol. The van der Waals surface area contributed by atoms with E-state index in [2.05, 4.69) is 20.4 Å². The maximum absolute atomic E-state index is 12.6. The van der Waals surface area contributed by atoms with Gasteiger partial charge in [0.2, 0.25) is 5.91 Å². The number of imidazole rings is 1. The molecule has 28 heavy (non-hydrogen) atoms. The van der Waals surface area contributed by atoms with Crippen molar-refractivity contribution in [3.63, 3.8) is 0 Å². The number of hydrogen-bond donors (Lipinski definition) is 2. The van der Waals surface area contributed by atoms with Crippen LogP contribution in [0.25, 0.3) is 16.7 Å². The van der Waals surface area contributed by atoms with Gasteiger partial charge in [0.05, 0.1) is 35.4 Å². The molecule has 0 aliphatic carbocycles. The minimum absolute atomic E-state index is 0.0186. The molecule has 1 amide bonds. The van der Waals surface area contributed by atoms with Gasteiger partial charge in [0.15, 0.2) is 0 Å². The third-order valence-corrected chi connectivity index (χ3v) is 4.92. The Kier molecular flexibility index (Phi) is 4.69. The number of hydrogen-bond acceptors (Lipinski definition) is 3. The molecule has 4 rings (SSSR count). The maximum atomic E-state index is 12.6. The molecule has 0 bridgehead atoms. The van der Waals surface area contributed by atoms with Gasteiger partial charge in [-0.25, -0.2) is 9.67 Å². The molecule has 2 aromatic heterocycles. The van der Waals surface area contributed by atoms with Gasteiger partial charge in [-0.3, -0.25) is 4.79 Å². The van der Waals surface area contributed by atoms with E-state index in [-0.39, 0.29) is 11.9 Å². The fraction of sp³-hybridized carbons (Fsp3) is 0.227. The minimum Gasteiger partial charge on any atom is -0.349 e. The Morgan fingerprint density at radius 3 is 2.75 bits per heavy atom. The number of nitrogens with one attached hydrogen (secondary N) is 2. The summed E-state index contributed by atoms with van der Waals surface area (Å²) in [7, 11) is 0. The van der Waals surface area contributed by atoms with Crippen molar-refractivity contribution in [2.75, 3.05) is 0 Å². The predicted octanol–water partition coefficient (Wildman–Crippen LogP) is 3.79. The van der Waals surface area contributed by atoms with Crippen molar-refractivity contribution >= 4 is 16.9 Å². The number of carbonyl (C=O) groups is 1. The van der Waals surface area contributed by atoms with Crippen molar-refractivity contribution in [3.8, 4) is 5.69 Å². The molecule has 0 aliphatic heterocycles. The molecule has 4 aromatic rings. The van der Waals surface area contributed by atoms with Crippen LogP contribution in [0.5, 0.6) is 0 Å². The Hall–Kier alpha value is -3.41. The molecule has 1 unspecified atom stereocenters. The molecule has 6 heteroatoms. The first kappa shape index (κ1) is 18.0. The quantitative estimate of drug-likeness (QED) is 0.559. The number of fused-ring (bicyclic) bond motifs is 1. The minimum atomic E-state index is -0.122. The summed E-state index contributed by atoms with van der Waals surface area (Å²) in [5, 5.41) is 7.57. The van der Waals surface area contributed by atoms with E-state index in [0.717, 1.165) is 39.4 Å². The zero-order valence-corrected chi connectivity index (χ0v) is 16.2. The van der Waals surface area contributed by atoms with Crippen LogP contribution in [0.1, 0.15) is 35.6 Å². The summed E-state index contributed by atoms with van der Waals surface area (Å²) in [5.74, 6) is 0.853. The van der Waals surface area contributed by atoms with Gasteiger partial charge in [0.1, 0.15) is 5.82 Å². The highest BCUT2D eigenvalue weighted by atomic mass is 16.1. The zero-order valence-electron chi connectivity index (χ0n) is 16.2. The molecule has 6 nitrogen and oxygen atoms in total. The molecule has 0 fully saturated rings. The molecule has 2 aromatic carbocycles. The van der Waals surface area contributed by atoms with Crippen LogP contribution < -0.4 is 5.32 Å². The van der Waals surface area contributed by atoms with Crippen LogP contribution in [0.2, 0.25) is 0 Å². The second-order valence-corrected chi connectivity index (χ2v) is 7.07. The fourth-order valence-electron chi connectivity index (χ4n) is 3.53. The highest BCUT2D eigenvalue weighted by Crippen LogP contribution is 2.20. The summed E-state index contributed by atoms with van der Waals surface area (Å²) >= 11 is 0. The maximum Gasteiger partial charge on any atom is 0.224 e. The van der Waals surface area contributed by atoms with E-state index < -0.39 is 0 Å². The molecule has 0 saturated heterocycles. The molecule has 0 spiro atoms. The van der Waals surface area contributed by atoms with E-state index in [0.29, 0.717) is 6.42 Å². The lowest BCUT2D eigenvalue weighted by atomic mass is 10.1. The van der Waals surface area contributed by atoms with Crippen molar-refractivity contribution < 1.29 is 4.79 Å². The average molecular weight is 373 g/mol. The van der Waals surface area contributed by atoms with Crippen molar-refractivity contribution in [1.82, 2.24) is 25.1 Å². The van der Waals surface area contributed by atoms with E-state index in [1.807, 2.05) is 80.2 Å². The lowest BCUT2D eigenvalue weighted by Gasteiger charge is -2.14. The van der Waals surface area contributed by atoms with Crippen LogP contribution in [0, 0.1) is 13.8 Å². The summed E-state index contributed by atoms with van der Waals surface area (Å²) in [5.41, 5.74) is 5.87. The average Bonchev–Trinajstić information content (AvgIpc) is 3.23. The second kappa shape index (κ2) is 7.31. The number of H-pyrrole nitrogens is 1. The largest absolute Gasteiger partial charge is 0.349 e. The third kappa shape index (κ3) is 3.53. The summed E-state index contributed by atoms with van der Waals surface area (Å²) in [6.07, 6.45) is 2.15. The summed E-state index contributed by atoms with van der Waals surface area (Å²) < 4.78 is 1.90. The highest BCUT2D eigenvalue weighted by molar-refractivity contribution is 5.82. The lowest BCUT2D eigenvalue weighted by molar-refractivity contribution is -0.121. The number of para-hydroxylation sites is 1. The van der Waals surface area contributed by atoms with Gasteiger partial charge < -0.3 is 10.3 Å². The standard InChI is InChI=1S/C22H23N5O/c1-14(19-13-23-27(15(19)2)18-7-5-4-6-8-18)24-22(28)12-17-9-10-20-21(11-17)26-16(3)25-20/h4-11,13-14H,12H2,1-3H3,(H,24,28)(H,25,26). The normalized spacial score (nSPS) is 12.2. The van der Waals surface area contributed by atoms with Crippen LogP contribution in [-0.4, -0.2) is 25.7 Å². The molecular weight excluding hydrogens is 350 g/mol. The molecule has 0 aliphatic rings. The van der Waals surface area contributed by atoms with E-state index in [1.54, 1.807) is 0 Å². The summed E-state index contributed by atoms with van der Waals surface area (Å²) in [6.45, 7) is 5.93. The first-order chi connectivity index (χ1) is 13.5. The van der Waals surface area contributed by atoms with Crippen molar-refractivity contribution in [2.24, 2.45) is 0 Å². The highest BCUT2D eigenvalue weighted by Gasteiger charge is 2.16. The number of aryl methyl sites for hydroxylation is 1. The fourth-order valence-corrected chi connectivity index (χ4v) is 3.53. The number of aromatic amines is 1. The molecule has 2 heterocycles. The van der Waals surface area contributed by atoms with Gasteiger partial charge >= 0.3 is 0 Å². The first-order valence-electron chi connectivity index (χ1n) is 9.36. The van der Waals surface area contributed by atoms with Crippen LogP contribution in [0.4, 0.5) is 0 Å². The van der Waals surface area contributed by atoms with E-state index in [1.165, 1.54) is 0 Å². The molecule has 142 valence electrons. The Bertz CT molecular complexity index is 1130. The zero-order chi connectivity index (χ0) is 19.7. The summed E-state index contributed by atoms with van der Waals surface area (Å²) in [4.78, 5) is 20.2. The third-order valence-electron chi connectivity index (χ3n) is 4.92. The number of benzene rings is 2. The van der Waals surface area contributed by atoms with Crippen LogP contribution >= 0.6 is 0 Å². The van der Waals surface area contributed by atoms with Crippen LogP contribution in [0.3, 0.4) is 0 Å². The van der Waals surface area contributed by atoms with Crippen LogP contribution in [0.15, 0.2) is 54.7 Å².